The molecule has 512 valence electrons. The number of barbiturate groups is 5. The van der Waals surface area contributed by atoms with Gasteiger partial charge in [-0.05, 0) is 71.0 Å². The van der Waals surface area contributed by atoms with E-state index in [2.05, 4.69) is 16.0 Å². The van der Waals surface area contributed by atoms with Crippen LogP contribution in [0.5, 0.6) is 0 Å². The minimum Gasteiger partial charge on any atom is -0.277 e. The van der Waals surface area contributed by atoms with Gasteiger partial charge < -0.3 is 0 Å². The van der Waals surface area contributed by atoms with E-state index in [0.29, 0.717) is 40.0 Å². The van der Waals surface area contributed by atoms with Crippen LogP contribution < -0.4 is 36.4 Å². The van der Waals surface area contributed by atoms with Gasteiger partial charge in [0.05, 0.1) is 24.5 Å². The number of likely N-dealkylation sites (N-methyl/N-ethyl adjacent to an activating group) is 1. The van der Waals surface area contributed by atoms with Crippen LogP contribution in [0.4, 0.5) is 35.3 Å². The number of carbonyl (C=O) groups is 15. The number of nitrogens with zero attached hydrogens (tertiary/aromatic N) is 5. The predicted molar refractivity (Wildman–Crippen MR) is 367 cm³/mol. The molecule has 5 heterocycles. The highest BCUT2D eigenvalue weighted by atomic mass is 16.2. The lowest BCUT2D eigenvalue weighted by Gasteiger charge is -2.37. The van der Waals surface area contributed by atoms with Crippen molar-refractivity contribution in [2.75, 3.05) is 16.3 Å². The largest absolute Gasteiger partial charge is 0.338 e. The highest BCUT2D eigenvalue weighted by molar-refractivity contribution is 6.30. The van der Waals surface area contributed by atoms with Crippen LogP contribution in [0.15, 0.2) is 243 Å². The number of rotatable bonds is 14. The van der Waals surface area contributed by atoms with Gasteiger partial charge in [0.1, 0.15) is 29.6 Å². The van der Waals surface area contributed by atoms with E-state index in [4.69, 9.17) is 0 Å². The molecule has 5 aliphatic rings. The zero-order valence-electron chi connectivity index (χ0n) is 54.6. The Kier molecular flexibility index (Phi) is 24.4. The highest BCUT2D eigenvalue weighted by Gasteiger charge is 2.47. The Bertz CT molecular complexity index is 4310. The molecule has 8 aromatic rings. The lowest BCUT2D eigenvalue weighted by molar-refractivity contribution is -0.142. The molecule has 25 heteroatoms. The fraction of sp³-hybridized carbons (Fsp3) is 0.171. The van der Waals surface area contributed by atoms with Gasteiger partial charge >= 0.3 is 30.2 Å². The maximum absolute atomic E-state index is 13.0. The SMILES string of the molecule is CCCCC1C(=O)N(Cc2ccccc2)C(=O)N(c2ccccc2)C1=O.CCN1C(=O)NC(=O)C(c2ccccc2)C1=O.O=C1NC(=O)C(c2ccccc2)C(=O)N1.O=C1NC(=O)N(Cc2ccccc2)C(=O)C1c1ccccc1.O=C1NC(=O)N(c2ccccc2)C(=O)C1c1ccccc1. The van der Waals surface area contributed by atoms with E-state index in [1.54, 1.807) is 177 Å². The first-order valence-electron chi connectivity index (χ1n) is 32.1. The van der Waals surface area contributed by atoms with Crippen molar-refractivity contribution < 1.29 is 71.9 Å². The van der Waals surface area contributed by atoms with Crippen molar-refractivity contribution in [3.63, 3.8) is 0 Å². The lowest BCUT2D eigenvalue weighted by atomic mass is 9.95. The van der Waals surface area contributed by atoms with Gasteiger partial charge in [-0.15, -0.1) is 0 Å². The quantitative estimate of drug-likeness (QED) is 0.0634. The van der Waals surface area contributed by atoms with Crippen LogP contribution in [0.1, 0.15) is 90.2 Å². The average molecular weight is 1360 g/mol. The van der Waals surface area contributed by atoms with Crippen LogP contribution >= 0.6 is 0 Å². The number of carbonyl (C=O) groups excluding carboxylic acids is 15. The molecule has 0 aliphatic carbocycles. The molecule has 5 fully saturated rings. The van der Waals surface area contributed by atoms with Gasteiger partial charge in [0, 0.05) is 6.54 Å². The van der Waals surface area contributed by atoms with Crippen LogP contribution in [0.2, 0.25) is 0 Å². The van der Waals surface area contributed by atoms with Gasteiger partial charge in [-0.1, -0.05) is 238 Å². The Hall–Kier alpha value is -13.2. The Balaban J connectivity index is 0.000000149. The number of anilines is 2. The van der Waals surface area contributed by atoms with Crippen LogP contribution in [-0.2, 0) is 61.0 Å². The molecule has 0 radical (unpaired) electrons. The number of hydrogen-bond donors (Lipinski definition) is 5. The summed E-state index contributed by atoms with van der Waals surface area (Å²) in [6.45, 7) is 4.26. The van der Waals surface area contributed by atoms with Gasteiger partial charge in [-0.3, -0.25) is 89.2 Å². The molecule has 8 aromatic carbocycles. The predicted octanol–water partition coefficient (Wildman–Crippen LogP) is 9.10. The number of para-hydroxylation sites is 2. The van der Waals surface area contributed by atoms with Gasteiger partial charge in [-0.2, -0.15) is 0 Å². The van der Waals surface area contributed by atoms with E-state index >= 15 is 0 Å². The minimum absolute atomic E-state index is 0.141. The molecule has 5 N–H and O–H groups in total. The monoisotopic (exact) mass is 1360 g/mol. The summed E-state index contributed by atoms with van der Waals surface area (Å²) < 4.78 is 0. The number of hydrogen-bond acceptors (Lipinski definition) is 15. The summed E-state index contributed by atoms with van der Waals surface area (Å²) in [5.41, 5.74) is 4.92. The summed E-state index contributed by atoms with van der Waals surface area (Å²) in [7, 11) is 0. The molecule has 4 atom stereocenters. The first-order valence-corrected chi connectivity index (χ1v) is 32.1. The molecule has 101 heavy (non-hydrogen) atoms. The molecule has 0 saturated carbocycles. The van der Waals surface area contributed by atoms with Crippen molar-refractivity contribution in [2.24, 2.45) is 5.92 Å². The van der Waals surface area contributed by atoms with Crippen LogP contribution in [-0.4, -0.2) is 110 Å². The molecule has 13 rings (SSSR count). The van der Waals surface area contributed by atoms with E-state index in [0.717, 1.165) is 43.6 Å². The molecule has 0 aromatic heterocycles. The van der Waals surface area contributed by atoms with Crippen molar-refractivity contribution in [3.8, 4) is 0 Å². The fourth-order valence-electron chi connectivity index (χ4n) is 11.3. The van der Waals surface area contributed by atoms with Gasteiger partial charge in [0.2, 0.25) is 53.2 Å². The standard InChI is InChI=1S/C21H22N2O3.C17H14N2O3.C16H12N2O3.C12H12N2O3.C10H8N2O3/c1-2-3-14-18-19(24)22(15-16-10-6-4-7-11-16)21(26)23(20(18)25)17-12-8-5-9-13-17;20-15-14(13-9-5-2-6-10-13)16(21)19(17(22)18-15)11-12-7-3-1-4-8-12;19-14-13(11-7-3-1-4-8-11)15(20)18(16(21)17-14)12-9-5-2-6-10-12;1-2-14-11(16)9(10(15)13-12(14)17)8-6-4-3-5-7-8;13-8-7(6-4-2-1-3-5-6)9(14)12-10(15)11-8/h4-13,18H,2-3,14-15H2,1H3;1-10,14H,11H2,(H,18,20,22);1-10,13H,(H,17,19,21);3-7,9H,2H2,1H3,(H,13,15,17);1-5,7H,(H2,11,12,13,14,15). The Labute approximate surface area is 579 Å². The second kappa shape index (κ2) is 34.2. The van der Waals surface area contributed by atoms with Crippen LogP contribution in [0, 0.1) is 5.92 Å². The Morgan fingerprint density at radius 1 is 0.297 bits per heavy atom. The van der Waals surface area contributed by atoms with Crippen molar-refractivity contribution in [1.82, 2.24) is 41.3 Å². The van der Waals surface area contributed by atoms with Gasteiger partial charge in [0.15, 0.2) is 0 Å². The first-order chi connectivity index (χ1) is 48.8. The van der Waals surface area contributed by atoms with Gasteiger partial charge in [0.25, 0.3) is 5.91 Å². The highest BCUT2D eigenvalue weighted by Crippen LogP contribution is 2.31. The van der Waals surface area contributed by atoms with Crippen LogP contribution in [0.3, 0.4) is 0 Å². The summed E-state index contributed by atoms with van der Waals surface area (Å²) in [4.78, 5) is 186. The maximum atomic E-state index is 13.0. The van der Waals surface area contributed by atoms with Crippen molar-refractivity contribution in [3.05, 3.63) is 276 Å². The Morgan fingerprint density at radius 2 is 0.614 bits per heavy atom. The van der Waals surface area contributed by atoms with Crippen molar-refractivity contribution >= 4 is 101 Å². The number of unbranched alkanes of at least 4 members (excludes halogenated alkanes) is 1. The summed E-state index contributed by atoms with van der Waals surface area (Å²) >= 11 is 0. The summed E-state index contributed by atoms with van der Waals surface area (Å²) in [5.74, 6) is -9.90. The van der Waals surface area contributed by atoms with E-state index in [-0.39, 0.29) is 19.6 Å². The number of imide groups is 10. The zero-order valence-corrected chi connectivity index (χ0v) is 54.6. The molecule has 4 unspecified atom stereocenters. The second-order valence-electron chi connectivity index (χ2n) is 23.0. The molecular weight excluding hydrogens is 1290 g/mol. The van der Waals surface area contributed by atoms with E-state index in [1.165, 1.54) is 4.90 Å². The number of nitrogens with one attached hydrogen (secondary N) is 5. The summed E-state index contributed by atoms with van der Waals surface area (Å²) in [5, 5.41) is 10.8. The van der Waals surface area contributed by atoms with E-state index in [9.17, 15) is 71.9 Å². The van der Waals surface area contributed by atoms with E-state index < -0.39 is 119 Å². The average Bonchev–Trinajstić information content (AvgIpc) is 0.785. The third-order valence-corrected chi connectivity index (χ3v) is 16.3. The molecule has 20 amide bonds. The minimum atomic E-state index is -1.01. The molecule has 0 bridgehead atoms. The number of benzene rings is 8. The second-order valence-corrected chi connectivity index (χ2v) is 23.0. The van der Waals surface area contributed by atoms with Gasteiger partial charge in [-0.25, -0.2) is 33.8 Å². The third kappa shape index (κ3) is 17.5. The molecule has 0 spiro atoms. The van der Waals surface area contributed by atoms with Crippen LogP contribution in [0.25, 0.3) is 0 Å². The van der Waals surface area contributed by atoms with Crippen molar-refractivity contribution in [1.29, 1.82) is 0 Å². The maximum Gasteiger partial charge on any atom is 0.338 e. The zero-order chi connectivity index (χ0) is 72.1. The summed E-state index contributed by atoms with van der Waals surface area (Å²) in [6.07, 6.45) is 2.10. The fourth-order valence-corrected chi connectivity index (χ4v) is 11.3. The molecule has 5 aliphatic heterocycles. The number of amides is 20. The summed E-state index contributed by atoms with van der Waals surface area (Å²) in [6, 6.07) is 67.2. The normalized spacial score (nSPS) is 18.4. The molecule has 5 saturated heterocycles. The Morgan fingerprint density at radius 3 is 1.01 bits per heavy atom. The molecular formula is C76H68N10O15. The lowest BCUT2D eigenvalue weighted by Crippen LogP contribution is -2.59. The number of urea groups is 5. The molecule has 25 nitrogen and oxygen atoms in total. The third-order valence-electron chi connectivity index (χ3n) is 16.3. The van der Waals surface area contributed by atoms with Crippen molar-refractivity contribution in [2.45, 2.75) is 69.9 Å². The van der Waals surface area contributed by atoms with E-state index in [1.807, 2.05) is 90.4 Å². The smallest absolute Gasteiger partial charge is 0.277 e. The first kappa shape index (κ1) is 72.1. The topological polar surface area (TPSA) is 332 Å².